The molecular weight excluding hydrogens is 208 g/mol. The molecule has 2 rings (SSSR count). The molecule has 0 saturated heterocycles. The Bertz CT molecular complexity index is 469. The first-order valence-electron chi connectivity index (χ1n) is 5.40. The van der Waals surface area contributed by atoms with Gasteiger partial charge in [0.15, 0.2) is 0 Å². The third-order valence-electron chi connectivity index (χ3n) is 2.14. The van der Waals surface area contributed by atoms with Crippen LogP contribution in [0.15, 0.2) is 36.7 Å². The van der Waals surface area contributed by atoms with E-state index in [1.807, 2.05) is 45.2 Å². The van der Waals surface area contributed by atoms with Crippen molar-refractivity contribution in [3.05, 3.63) is 59.2 Å². The summed E-state index contributed by atoms with van der Waals surface area (Å²) in [5.41, 5.74) is 4.13. The van der Waals surface area contributed by atoms with Crippen molar-refractivity contribution in [2.45, 2.75) is 20.8 Å². The summed E-state index contributed by atoms with van der Waals surface area (Å²) in [7, 11) is 0. The van der Waals surface area contributed by atoms with Crippen LogP contribution in [-0.2, 0) is 0 Å². The topological polar surface area (TPSA) is 25.8 Å². The van der Waals surface area contributed by atoms with Gasteiger partial charge in [-0.15, -0.1) is 6.42 Å². The molecule has 2 nitrogen and oxygen atoms in total. The molecule has 2 heteroatoms. The molecule has 0 atom stereocenters. The third kappa shape index (κ3) is 4.94. The molecule has 0 aromatic carbocycles. The van der Waals surface area contributed by atoms with E-state index in [0.29, 0.717) is 0 Å². The minimum atomic E-state index is 0.834. The Balaban J connectivity index is 0.000000171. The number of aromatic nitrogens is 2. The lowest BCUT2D eigenvalue weighted by atomic mass is 10.3. The lowest BCUT2D eigenvalue weighted by Crippen LogP contribution is -1.79. The van der Waals surface area contributed by atoms with E-state index in [4.69, 9.17) is 6.42 Å². The van der Waals surface area contributed by atoms with Gasteiger partial charge in [-0.25, -0.2) is 0 Å². The summed E-state index contributed by atoms with van der Waals surface area (Å²) in [5.74, 6) is 2.49. The number of terminal acetylenes is 1. The Labute approximate surface area is 103 Å². The van der Waals surface area contributed by atoms with Crippen molar-refractivity contribution in [3.63, 3.8) is 0 Å². The molecule has 0 radical (unpaired) electrons. The minimum absolute atomic E-state index is 0.834. The summed E-state index contributed by atoms with van der Waals surface area (Å²) in [4.78, 5) is 8.09. The monoisotopic (exact) mass is 224 g/mol. The molecule has 86 valence electrons. The number of pyridine rings is 2. The first-order chi connectivity index (χ1) is 8.11. The van der Waals surface area contributed by atoms with E-state index in [9.17, 15) is 0 Å². The van der Waals surface area contributed by atoms with Gasteiger partial charge in [0.2, 0.25) is 0 Å². The molecule has 2 heterocycles. The summed E-state index contributed by atoms with van der Waals surface area (Å²) in [6, 6.07) is 7.84. The van der Waals surface area contributed by atoms with Crippen LogP contribution < -0.4 is 0 Å². The molecule has 0 aliphatic heterocycles. The molecule has 0 N–H and O–H groups in total. The summed E-state index contributed by atoms with van der Waals surface area (Å²) in [6.07, 6.45) is 8.67. The van der Waals surface area contributed by atoms with Crippen molar-refractivity contribution in [2.24, 2.45) is 0 Å². The molecule has 0 saturated carbocycles. The van der Waals surface area contributed by atoms with E-state index in [1.54, 1.807) is 6.20 Å². The Hall–Kier alpha value is -2.14. The van der Waals surface area contributed by atoms with Crippen LogP contribution in [0.2, 0.25) is 0 Å². The lowest BCUT2D eigenvalue weighted by Gasteiger charge is -1.89. The second kappa shape index (κ2) is 6.44. The summed E-state index contributed by atoms with van der Waals surface area (Å²) >= 11 is 0. The highest BCUT2D eigenvalue weighted by Gasteiger charge is 1.84. The number of hydrogen-bond donors (Lipinski definition) is 0. The van der Waals surface area contributed by atoms with Gasteiger partial charge in [0.1, 0.15) is 0 Å². The van der Waals surface area contributed by atoms with E-state index < -0.39 is 0 Å². The van der Waals surface area contributed by atoms with Gasteiger partial charge in [-0.1, -0.05) is 12.0 Å². The maximum Gasteiger partial charge on any atom is 0.0427 e. The highest BCUT2D eigenvalue weighted by molar-refractivity contribution is 5.29. The molecule has 2 aromatic rings. The quantitative estimate of drug-likeness (QED) is 0.643. The van der Waals surface area contributed by atoms with Crippen molar-refractivity contribution < 1.29 is 0 Å². The number of hydrogen-bond acceptors (Lipinski definition) is 2. The second-order valence-electron chi connectivity index (χ2n) is 3.81. The van der Waals surface area contributed by atoms with Crippen molar-refractivity contribution in [3.8, 4) is 12.3 Å². The normalized spacial score (nSPS) is 8.82. The van der Waals surface area contributed by atoms with E-state index in [2.05, 4.69) is 22.0 Å². The highest BCUT2D eigenvalue weighted by Crippen LogP contribution is 1.95. The third-order valence-corrected chi connectivity index (χ3v) is 2.14. The zero-order chi connectivity index (χ0) is 12.7. The fourth-order valence-corrected chi connectivity index (χ4v) is 1.09. The van der Waals surface area contributed by atoms with Crippen LogP contribution in [-0.4, -0.2) is 9.97 Å². The molecule has 17 heavy (non-hydrogen) atoms. The van der Waals surface area contributed by atoms with Crippen LogP contribution in [0.3, 0.4) is 0 Å². The smallest absolute Gasteiger partial charge is 0.0427 e. The Kier molecular flexibility index (Phi) is 4.90. The molecular formula is C15H16N2. The maximum atomic E-state index is 5.11. The summed E-state index contributed by atoms with van der Waals surface area (Å²) in [5, 5.41) is 0. The number of aryl methyl sites for hydroxylation is 3. The van der Waals surface area contributed by atoms with E-state index in [1.165, 1.54) is 5.56 Å². The second-order valence-corrected chi connectivity index (χ2v) is 3.81. The van der Waals surface area contributed by atoms with E-state index in [-0.39, 0.29) is 0 Å². The van der Waals surface area contributed by atoms with Crippen LogP contribution in [0.5, 0.6) is 0 Å². The zero-order valence-corrected chi connectivity index (χ0v) is 10.4. The van der Waals surface area contributed by atoms with Crippen molar-refractivity contribution in [1.29, 1.82) is 0 Å². The lowest BCUT2D eigenvalue weighted by molar-refractivity contribution is 1.17. The predicted molar refractivity (Wildman–Crippen MR) is 70.6 cm³/mol. The van der Waals surface area contributed by atoms with Crippen LogP contribution in [0.1, 0.15) is 22.5 Å². The Morgan fingerprint density at radius 2 is 1.47 bits per heavy atom. The molecule has 0 spiro atoms. The highest BCUT2D eigenvalue weighted by atomic mass is 14.7. The molecule has 2 aromatic heterocycles. The Morgan fingerprint density at radius 1 is 0.882 bits per heavy atom. The van der Waals surface area contributed by atoms with Gasteiger partial charge in [-0.3, -0.25) is 9.97 Å². The standard InChI is InChI=1S/C8H7N.C7H9N/c1-3-8-5-4-7(2)9-6-8;1-6-3-4-7(2)8-5-6/h1,4-6H,2H3;3-5H,1-2H3. The van der Waals surface area contributed by atoms with Crippen LogP contribution in [0, 0.1) is 33.1 Å². The van der Waals surface area contributed by atoms with Gasteiger partial charge in [0.05, 0.1) is 0 Å². The first kappa shape index (κ1) is 12.9. The van der Waals surface area contributed by atoms with Gasteiger partial charge < -0.3 is 0 Å². The van der Waals surface area contributed by atoms with Crippen LogP contribution in [0.25, 0.3) is 0 Å². The molecule has 0 bridgehead atoms. The van der Waals surface area contributed by atoms with Gasteiger partial charge in [-0.2, -0.15) is 0 Å². The van der Waals surface area contributed by atoms with E-state index in [0.717, 1.165) is 17.0 Å². The minimum Gasteiger partial charge on any atom is -0.261 e. The fraction of sp³-hybridized carbons (Fsp3) is 0.200. The van der Waals surface area contributed by atoms with Gasteiger partial charge in [0.25, 0.3) is 0 Å². The Morgan fingerprint density at radius 3 is 1.82 bits per heavy atom. The molecule has 0 unspecified atom stereocenters. The van der Waals surface area contributed by atoms with Crippen molar-refractivity contribution in [2.75, 3.05) is 0 Å². The average Bonchev–Trinajstić information content (AvgIpc) is 2.35. The van der Waals surface area contributed by atoms with Crippen molar-refractivity contribution in [1.82, 2.24) is 9.97 Å². The number of rotatable bonds is 0. The maximum absolute atomic E-state index is 5.11. The van der Waals surface area contributed by atoms with Crippen molar-refractivity contribution >= 4 is 0 Å². The zero-order valence-electron chi connectivity index (χ0n) is 10.4. The van der Waals surface area contributed by atoms with Gasteiger partial charge in [-0.05, 0) is 44.5 Å². The van der Waals surface area contributed by atoms with E-state index >= 15 is 0 Å². The van der Waals surface area contributed by atoms with Crippen LogP contribution >= 0.6 is 0 Å². The SMILES string of the molecule is C#Cc1ccc(C)nc1.Cc1ccc(C)nc1. The van der Waals surface area contributed by atoms with Gasteiger partial charge >= 0.3 is 0 Å². The van der Waals surface area contributed by atoms with Crippen LogP contribution in [0.4, 0.5) is 0 Å². The number of nitrogens with zero attached hydrogens (tertiary/aromatic N) is 2. The van der Waals surface area contributed by atoms with Gasteiger partial charge in [0, 0.05) is 29.3 Å². The molecule has 0 fully saturated rings. The fourth-order valence-electron chi connectivity index (χ4n) is 1.09. The largest absolute Gasteiger partial charge is 0.261 e. The molecule has 0 aliphatic rings. The average molecular weight is 224 g/mol. The first-order valence-corrected chi connectivity index (χ1v) is 5.40. The predicted octanol–water partition coefficient (Wildman–Crippen LogP) is 3.07. The molecule has 0 amide bonds. The summed E-state index contributed by atoms with van der Waals surface area (Å²) < 4.78 is 0. The summed E-state index contributed by atoms with van der Waals surface area (Å²) in [6.45, 7) is 5.95. The molecule has 0 aliphatic carbocycles.